The normalized spacial score (nSPS) is 15.8. The monoisotopic (exact) mass is 566 g/mol. The van der Waals surface area contributed by atoms with E-state index in [2.05, 4.69) is 44.8 Å². The fraction of sp³-hybridized carbons (Fsp3) is 0.480. The SMILES string of the molecule is CN=C(NCCc1ccc2c(c1)CCO2)NCc1ccccc1OCCN1CCOCC1.I. The van der Waals surface area contributed by atoms with E-state index in [-0.39, 0.29) is 24.0 Å². The van der Waals surface area contributed by atoms with Crippen LogP contribution in [0.1, 0.15) is 16.7 Å². The molecule has 0 bridgehead atoms. The molecule has 8 heteroatoms. The minimum Gasteiger partial charge on any atom is -0.493 e. The summed E-state index contributed by atoms with van der Waals surface area (Å²) in [5, 5.41) is 6.82. The van der Waals surface area contributed by atoms with Crippen LogP contribution in [0.2, 0.25) is 0 Å². The van der Waals surface area contributed by atoms with Crippen LogP contribution in [0.3, 0.4) is 0 Å². The Kier molecular flexibility index (Phi) is 10.6. The van der Waals surface area contributed by atoms with Gasteiger partial charge in [-0.25, -0.2) is 0 Å². The first-order valence-electron chi connectivity index (χ1n) is 11.5. The van der Waals surface area contributed by atoms with Gasteiger partial charge < -0.3 is 24.8 Å². The van der Waals surface area contributed by atoms with Crippen molar-refractivity contribution in [3.63, 3.8) is 0 Å². The standard InChI is InChI=1S/C25H34N4O3.HI/c1-26-25(27-10-8-20-6-7-24-21(18-20)9-14-31-24)28-19-22-4-2-3-5-23(22)32-17-13-29-11-15-30-16-12-29;/h2-7,18H,8-17,19H2,1H3,(H2,26,27,28);1H. The smallest absolute Gasteiger partial charge is 0.191 e. The Labute approximate surface area is 213 Å². The van der Waals surface area contributed by atoms with Gasteiger partial charge in [0.25, 0.3) is 0 Å². The largest absolute Gasteiger partial charge is 0.493 e. The lowest BCUT2D eigenvalue weighted by atomic mass is 10.1. The second kappa shape index (κ2) is 13.6. The fourth-order valence-corrected chi connectivity index (χ4v) is 4.02. The molecule has 0 amide bonds. The Balaban J connectivity index is 0.00000306. The molecule has 2 aliphatic heterocycles. The van der Waals surface area contributed by atoms with Crippen molar-refractivity contribution in [2.75, 3.05) is 59.7 Å². The van der Waals surface area contributed by atoms with Crippen LogP contribution in [0.4, 0.5) is 0 Å². The van der Waals surface area contributed by atoms with Gasteiger partial charge in [-0.3, -0.25) is 9.89 Å². The third-order valence-corrected chi connectivity index (χ3v) is 5.87. The zero-order valence-electron chi connectivity index (χ0n) is 19.3. The zero-order valence-corrected chi connectivity index (χ0v) is 21.7. The van der Waals surface area contributed by atoms with Crippen LogP contribution in [0.25, 0.3) is 0 Å². The Morgan fingerprint density at radius 1 is 1.09 bits per heavy atom. The van der Waals surface area contributed by atoms with Gasteiger partial charge in [0, 0.05) is 51.8 Å². The second-order valence-electron chi connectivity index (χ2n) is 8.05. The number of ether oxygens (including phenoxy) is 3. The number of nitrogens with one attached hydrogen (secondary N) is 2. The molecule has 1 saturated heterocycles. The molecule has 2 aliphatic rings. The van der Waals surface area contributed by atoms with Crippen LogP contribution in [-0.4, -0.2) is 70.5 Å². The topological polar surface area (TPSA) is 67.4 Å². The number of rotatable bonds is 9. The van der Waals surface area contributed by atoms with Crippen molar-refractivity contribution in [2.24, 2.45) is 4.99 Å². The first-order chi connectivity index (χ1) is 15.8. The van der Waals surface area contributed by atoms with Crippen LogP contribution < -0.4 is 20.1 Å². The molecule has 180 valence electrons. The fourth-order valence-electron chi connectivity index (χ4n) is 4.02. The highest BCUT2D eigenvalue weighted by molar-refractivity contribution is 14.0. The third-order valence-electron chi connectivity index (χ3n) is 5.87. The Bertz CT molecular complexity index is 903. The maximum Gasteiger partial charge on any atom is 0.191 e. The predicted molar refractivity (Wildman–Crippen MR) is 142 cm³/mol. The summed E-state index contributed by atoms with van der Waals surface area (Å²) in [4.78, 5) is 6.74. The van der Waals surface area contributed by atoms with Crippen molar-refractivity contribution in [1.82, 2.24) is 15.5 Å². The first-order valence-corrected chi connectivity index (χ1v) is 11.5. The van der Waals surface area contributed by atoms with Crippen molar-refractivity contribution in [1.29, 1.82) is 0 Å². The number of morpholine rings is 1. The van der Waals surface area contributed by atoms with Gasteiger partial charge in [0.05, 0.1) is 19.8 Å². The molecule has 0 aromatic heterocycles. The van der Waals surface area contributed by atoms with Crippen LogP contribution in [0.5, 0.6) is 11.5 Å². The molecule has 0 spiro atoms. The molecule has 0 saturated carbocycles. The molecule has 2 heterocycles. The number of nitrogens with zero attached hydrogens (tertiary/aromatic N) is 2. The average Bonchev–Trinajstić information content (AvgIpc) is 3.31. The van der Waals surface area contributed by atoms with Crippen molar-refractivity contribution in [3.8, 4) is 11.5 Å². The van der Waals surface area contributed by atoms with Gasteiger partial charge in [-0.1, -0.05) is 30.3 Å². The van der Waals surface area contributed by atoms with Crippen molar-refractivity contribution in [3.05, 3.63) is 59.2 Å². The maximum absolute atomic E-state index is 6.09. The van der Waals surface area contributed by atoms with Gasteiger partial charge in [-0.15, -0.1) is 24.0 Å². The van der Waals surface area contributed by atoms with Gasteiger partial charge in [0.15, 0.2) is 5.96 Å². The van der Waals surface area contributed by atoms with Crippen molar-refractivity contribution >= 4 is 29.9 Å². The molecule has 2 aromatic rings. The second-order valence-corrected chi connectivity index (χ2v) is 8.05. The first kappa shape index (κ1) is 25.6. The van der Waals surface area contributed by atoms with Gasteiger partial charge in [-0.2, -0.15) is 0 Å². The molecule has 2 aromatic carbocycles. The van der Waals surface area contributed by atoms with E-state index in [0.717, 1.165) is 81.9 Å². The number of fused-ring (bicyclic) bond motifs is 1. The van der Waals surface area contributed by atoms with Gasteiger partial charge >= 0.3 is 0 Å². The lowest BCUT2D eigenvalue weighted by molar-refractivity contribution is 0.0322. The molecular weight excluding hydrogens is 531 g/mol. The summed E-state index contributed by atoms with van der Waals surface area (Å²) in [6.45, 7) is 7.45. The molecular formula is C25H35IN4O3. The summed E-state index contributed by atoms with van der Waals surface area (Å²) in [5.74, 6) is 2.74. The quantitative estimate of drug-likeness (QED) is 0.277. The number of hydrogen-bond acceptors (Lipinski definition) is 5. The Hall–Kier alpha value is -2.04. The molecule has 33 heavy (non-hydrogen) atoms. The minimum atomic E-state index is 0. The number of aliphatic imine (C=N–C) groups is 1. The van der Waals surface area contributed by atoms with Crippen LogP contribution in [-0.2, 0) is 24.1 Å². The summed E-state index contributed by atoms with van der Waals surface area (Å²) in [7, 11) is 1.80. The molecule has 4 rings (SSSR count). The third kappa shape index (κ3) is 7.75. The van der Waals surface area contributed by atoms with E-state index in [1.54, 1.807) is 7.05 Å². The molecule has 1 fully saturated rings. The molecule has 0 radical (unpaired) electrons. The van der Waals surface area contributed by atoms with Crippen LogP contribution in [0.15, 0.2) is 47.5 Å². The van der Waals surface area contributed by atoms with E-state index < -0.39 is 0 Å². The molecule has 0 unspecified atom stereocenters. The van der Waals surface area contributed by atoms with Gasteiger partial charge in [0.1, 0.15) is 18.1 Å². The minimum absolute atomic E-state index is 0. The summed E-state index contributed by atoms with van der Waals surface area (Å²) < 4.78 is 17.1. The lowest BCUT2D eigenvalue weighted by Crippen LogP contribution is -2.39. The number of guanidine groups is 1. The molecule has 0 aliphatic carbocycles. The van der Waals surface area contributed by atoms with Crippen molar-refractivity contribution < 1.29 is 14.2 Å². The summed E-state index contributed by atoms with van der Waals surface area (Å²) in [6, 6.07) is 14.7. The maximum atomic E-state index is 6.09. The van der Waals surface area contributed by atoms with E-state index in [1.165, 1.54) is 11.1 Å². The Morgan fingerprint density at radius 3 is 2.79 bits per heavy atom. The molecule has 0 atom stereocenters. The summed E-state index contributed by atoms with van der Waals surface area (Å²) in [6.07, 6.45) is 1.95. The number of benzene rings is 2. The number of para-hydroxylation sites is 1. The molecule has 7 nitrogen and oxygen atoms in total. The number of hydrogen-bond donors (Lipinski definition) is 2. The molecule has 2 N–H and O–H groups in total. The van der Waals surface area contributed by atoms with E-state index in [9.17, 15) is 0 Å². The van der Waals surface area contributed by atoms with Crippen molar-refractivity contribution in [2.45, 2.75) is 19.4 Å². The highest BCUT2D eigenvalue weighted by atomic mass is 127. The van der Waals surface area contributed by atoms with Gasteiger partial charge in [0.2, 0.25) is 0 Å². The summed E-state index contributed by atoms with van der Waals surface area (Å²) in [5.41, 5.74) is 3.75. The lowest BCUT2D eigenvalue weighted by Gasteiger charge is -2.26. The Morgan fingerprint density at radius 2 is 1.94 bits per heavy atom. The zero-order chi connectivity index (χ0) is 22.0. The van der Waals surface area contributed by atoms with E-state index >= 15 is 0 Å². The van der Waals surface area contributed by atoms with Crippen LogP contribution in [0, 0.1) is 0 Å². The summed E-state index contributed by atoms with van der Waals surface area (Å²) >= 11 is 0. The number of halogens is 1. The highest BCUT2D eigenvalue weighted by Gasteiger charge is 2.12. The van der Waals surface area contributed by atoms with Gasteiger partial charge in [-0.05, 0) is 29.7 Å². The predicted octanol–water partition coefficient (Wildman–Crippen LogP) is 2.86. The van der Waals surface area contributed by atoms with E-state index in [4.69, 9.17) is 14.2 Å². The van der Waals surface area contributed by atoms with E-state index in [1.807, 2.05) is 18.2 Å². The van der Waals surface area contributed by atoms with Crippen LogP contribution >= 0.6 is 24.0 Å². The average molecular weight is 566 g/mol. The highest BCUT2D eigenvalue weighted by Crippen LogP contribution is 2.25. The van der Waals surface area contributed by atoms with E-state index in [0.29, 0.717) is 13.2 Å².